The summed E-state index contributed by atoms with van der Waals surface area (Å²) in [5.74, 6) is 2.73. The van der Waals surface area contributed by atoms with Gasteiger partial charge in [0.2, 0.25) is 5.91 Å². The smallest absolute Gasteiger partial charge is 0.277 e. The monoisotopic (exact) mass is 477 g/mol. The minimum Gasteiger partial charge on any atom is -0.497 e. The Hall–Kier alpha value is -3.98. The fourth-order valence-electron chi connectivity index (χ4n) is 3.02. The van der Waals surface area contributed by atoms with Crippen LogP contribution in [0.1, 0.15) is 6.92 Å². The molecule has 0 bridgehead atoms. The molecule has 0 radical (unpaired) electrons. The third kappa shape index (κ3) is 5.68. The van der Waals surface area contributed by atoms with Gasteiger partial charge in [0.1, 0.15) is 23.0 Å². The molecule has 0 saturated heterocycles. The number of carbonyl (C=O) groups is 1. The Kier molecular flexibility index (Phi) is 7.34. The van der Waals surface area contributed by atoms with Gasteiger partial charge in [-0.3, -0.25) is 4.79 Å². The zero-order valence-electron chi connectivity index (χ0n) is 18.8. The summed E-state index contributed by atoms with van der Waals surface area (Å²) in [6.45, 7) is 1.77. The first-order chi connectivity index (χ1) is 16.6. The molecule has 4 rings (SSSR count). The number of benzene rings is 3. The van der Waals surface area contributed by atoms with Gasteiger partial charge in [0, 0.05) is 11.8 Å². The van der Waals surface area contributed by atoms with Crippen LogP contribution in [0.5, 0.6) is 23.0 Å². The van der Waals surface area contributed by atoms with Crippen LogP contribution in [-0.4, -0.2) is 35.6 Å². The number of hydrogen-bond donors (Lipinski definition) is 1. The Bertz CT molecular complexity index is 1250. The van der Waals surface area contributed by atoms with Crippen LogP contribution in [0.2, 0.25) is 0 Å². The first-order valence-corrected chi connectivity index (χ1v) is 11.3. The number of thioether (sulfide) groups is 1. The third-order valence-corrected chi connectivity index (χ3v) is 5.73. The fourth-order valence-corrected chi connectivity index (χ4v) is 3.70. The van der Waals surface area contributed by atoms with Crippen molar-refractivity contribution in [1.82, 2.24) is 10.2 Å². The summed E-state index contributed by atoms with van der Waals surface area (Å²) >= 11 is 1.17. The first-order valence-electron chi connectivity index (χ1n) is 10.4. The molecule has 0 fully saturated rings. The standard InChI is InChI=1S/C25H23N3O5S/c1-16(23(29)26-17-9-11-19(12-10-17)32-18-7-5-4-6-8-18)34-25-28-27-24(33-25)21-14-13-20(30-2)15-22(21)31-3/h4-16H,1-3H3,(H,26,29). The molecule has 0 aliphatic heterocycles. The largest absolute Gasteiger partial charge is 0.497 e. The second kappa shape index (κ2) is 10.8. The van der Waals surface area contributed by atoms with Crippen LogP contribution < -0.4 is 19.5 Å². The normalized spacial score (nSPS) is 11.5. The van der Waals surface area contributed by atoms with Crippen LogP contribution in [0.25, 0.3) is 11.5 Å². The van der Waals surface area contributed by atoms with E-state index < -0.39 is 5.25 Å². The van der Waals surface area contributed by atoms with Gasteiger partial charge in [-0.25, -0.2) is 0 Å². The third-order valence-electron chi connectivity index (χ3n) is 4.79. The van der Waals surface area contributed by atoms with E-state index in [0.29, 0.717) is 34.4 Å². The highest BCUT2D eigenvalue weighted by atomic mass is 32.2. The van der Waals surface area contributed by atoms with Crippen molar-refractivity contribution in [2.24, 2.45) is 0 Å². The number of nitrogens with zero attached hydrogens (tertiary/aromatic N) is 2. The predicted octanol–water partition coefficient (Wildman–Crippen LogP) is 5.67. The summed E-state index contributed by atoms with van der Waals surface area (Å²) in [7, 11) is 3.13. The lowest BCUT2D eigenvalue weighted by molar-refractivity contribution is -0.115. The number of hydrogen-bond acceptors (Lipinski definition) is 8. The lowest BCUT2D eigenvalue weighted by Crippen LogP contribution is -2.22. The number of rotatable bonds is 9. The summed E-state index contributed by atoms with van der Waals surface area (Å²) in [5, 5.41) is 10.8. The number of methoxy groups -OCH3 is 2. The zero-order chi connectivity index (χ0) is 23.9. The van der Waals surface area contributed by atoms with E-state index in [0.717, 1.165) is 5.75 Å². The Labute approximate surface area is 201 Å². The molecule has 1 aromatic heterocycles. The highest BCUT2D eigenvalue weighted by molar-refractivity contribution is 8.00. The fraction of sp³-hybridized carbons (Fsp3) is 0.160. The zero-order valence-corrected chi connectivity index (χ0v) is 19.7. The molecule has 0 aliphatic carbocycles. The predicted molar refractivity (Wildman–Crippen MR) is 130 cm³/mol. The molecule has 1 amide bonds. The Balaban J connectivity index is 1.36. The lowest BCUT2D eigenvalue weighted by atomic mass is 10.2. The second-order valence-corrected chi connectivity index (χ2v) is 8.42. The van der Waals surface area contributed by atoms with Crippen molar-refractivity contribution in [3.63, 3.8) is 0 Å². The van der Waals surface area contributed by atoms with Gasteiger partial charge in [0.25, 0.3) is 11.1 Å². The van der Waals surface area contributed by atoms with E-state index in [1.165, 1.54) is 11.8 Å². The molecule has 174 valence electrons. The first kappa shape index (κ1) is 23.2. The maximum absolute atomic E-state index is 12.7. The van der Waals surface area contributed by atoms with Crippen molar-refractivity contribution in [1.29, 1.82) is 0 Å². The van der Waals surface area contributed by atoms with Gasteiger partial charge in [-0.2, -0.15) is 0 Å². The molecule has 34 heavy (non-hydrogen) atoms. The number of anilines is 1. The lowest BCUT2D eigenvalue weighted by Gasteiger charge is -2.11. The Morgan fingerprint density at radius 1 is 0.912 bits per heavy atom. The van der Waals surface area contributed by atoms with Crippen LogP contribution in [0, 0.1) is 0 Å². The average Bonchev–Trinajstić information content (AvgIpc) is 3.33. The Morgan fingerprint density at radius 2 is 1.62 bits per heavy atom. The number of nitrogens with one attached hydrogen (secondary N) is 1. The van der Waals surface area contributed by atoms with E-state index in [9.17, 15) is 4.79 Å². The molecule has 9 heteroatoms. The van der Waals surface area contributed by atoms with Gasteiger partial charge in [0.15, 0.2) is 0 Å². The molecular weight excluding hydrogens is 454 g/mol. The number of ether oxygens (including phenoxy) is 3. The molecule has 0 spiro atoms. The van der Waals surface area contributed by atoms with Crippen molar-refractivity contribution in [2.75, 3.05) is 19.5 Å². The quantitative estimate of drug-likeness (QED) is 0.308. The van der Waals surface area contributed by atoms with Gasteiger partial charge in [-0.15, -0.1) is 10.2 Å². The summed E-state index contributed by atoms with van der Waals surface area (Å²) < 4.78 is 22.1. The summed E-state index contributed by atoms with van der Waals surface area (Å²) in [4.78, 5) is 12.7. The average molecular weight is 478 g/mol. The molecule has 1 heterocycles. The van der Waals surface area contributed by atoms with E-state index in [1.54, 1.807) is 63.6 Å². The van der Waals surface area contributed by atoms with Crippen molar-refractivity contribution in [3.05, 3.63) is 72.8 Å². The minimum atomic E-state index is -0.466. The highest BCUT2D eigenvalue weighted by Crippen LogP contribution is 2.34. The number of para-hydroxylation sites is 1. The van der Waals surface area contributed by atoms with Crippen molar-refractivity contribution >= 4 is 23.4 Å². The van der Waals surface area contributed by atoms with E-state index in [-0.39, 0.29) is 11.1 Å². The maximum atomic E-state index is 12.7. The molecule has 0 saturated carbocycles. The topological polar surface area (TPSA) is 95.7 Å². The number of amides is 1. The summed E-state index contributed by atoms with van der Waals surface area (Å²) in [6, 6.07) is 22.0. The number of carbonyl (C=O) groups excluding carboxylic acids is 1. The van der Waals surface area contributed by atoms with Gasteiger partial charge in [-0.1, -0.05) is 30.0 Å². The van der Waals surface area contributed by atoms with E-state index in [4.69, 9.17) is 18.6 Å². The SMILES string of the molecule is COc1ccc(-c2nnc(SC(C)C(=O)Nc3ccc(Oc4ccccc4)cc3)o2)c(OC)c1. The van der Waals surface area contributed by atoms with Crippen molar-refractivity contribution in [3.8, 4) is 34.5 Å². The molecule has 1 atom stereocenters. The minimum absolute atomic E-state index is 0.191. The molecular formula is C25H23N3O5S. The van der Waals surface area contributed by atoms with Gasteiger partial charge < -0.3 is 23.9 Å². The second-order valence-electron chi connectivity index (χ2n) is 7.13. The molecule has 1 N–H and O–H groups in total. The molecule has 4 aromatic rings. The van der Waals surface area contributed by atoms with Crippen LogP contribution in [-0.2, 0) is 4.79 Å². The molecule has 0 aliphatic rings. The molecule has 1 unspecified atom stereocenters. The van der Waals surface area contributed by atoms with Gasteiger partial charge in [-0.05, 0) is 55.5 Å². The molecule has 3 aromatic carbocycles. The van der Waals surface area contributed by atoms with Crippen LogP contribution >= 0.6 is 11.8 Å². The van der Waals surface area contributed by atoms with Crippen molar-refractivity contribution in [2.45, 2.75) is 17.4 Å². The highest BCUT2D eigenvalue weighted by Gasteiger charge is 2.20. The summed E-state index contributed by atoms with van der Waals surface area (Å²) in [5.41, 5.74) is 1.30. The maximum Gasteiger partial charge on any atom is 0.277 e. The van der Waals surface area contributed by atoms with Gasteiger partial charge >= 0.3 is 0 Å². The van der Waals surface area contributed by atoms with Crippen LogP contribution in [0.4, 0.5) is 5.69 Å². The van der Waals surface area contributed by atoms with Crippen LogP contribution in [0.15, 0.2) is 82.4 Å². The molecule has 8 nitrogen and oxygen atoms in total. The van der Waals surface area contributed by atoms with E-state index in [1.807, 2.05) is 30.3 Å². The van der Waals surface area contributed by atoms with Gasteiger partial charge in [0.05, 0.1) is 25.0 Å². The van der Waals surface area contributed by atoms with E-state index in [2.05, 4.69) is 15.5 Å². The number of aromatic nitrogens is 2. The Morgan fingerprint density at radius 3 is 2.32 bits per heavy atom. The van der Waals surface area contributed by atoms with E-state index >= 15 is 0 Å². The summed E-state index contributed by atoms with van der Waals surface area (Å²) in [6.07, 6.45) is 0. The van der Waals surface area contributed by atoms with Crippen LogP contribution in [0.3, 0.4) is 0 Å². The van der Waals surface area contributed by atoms with Crippen molar-refractivity contribution < 1.29 is 23.4 Å².